The van der Waals surface area contributed by atoms with Gasteiger partial charge in [-0.3, -0.25) is 4.79 Å². The molecule has 1 aromatic heterocycles. The number of carbonyl (C=O) groups excluding carboxylic acids is 1. The van der Waals surface area contributed by atoms with Gasteiger partial charge in [-0.2, -0.15) is 0 Å². The van der Waals surface area contributed by atoms with E-state index >= 15 is 0 Å². The summed E-state index contributed by atoms with van der Waals surface area (Å²) < 4.78 is 0. The van der Waals surface area contributed by atoms with Crippen molar-refractivity contribution in [3.05, 3.63) is 45.9 Å². The highest BCUT2D eigenvalue weighted by molar-refractivity contribution is 7.12. The Morgan fingerprint density at radius 2 is 1.95 bits per heavy atom. The van der Waals surface area contributed by atoms with Crippen LogP contribution in [0.2, 0.25) is 0 Å². The van der Waals surface area contributed by atoms with Gasteiger partial charge in [0.25, 0.3) is 5.91 Å². The zero-order valence-corrected chi connectivity index (χ0v) is 12.5. The van der Waals surface area contributed by atoms with Crippen molar-refractivity contribution in [2.45, 2.75) is 33.7 Å². The molecule has 3 nitrogen and oxygen atoms in total. The van der Waals surface area contributed by atoms with E-state index in [1.54, 1.807) is 5.51 Å². The fourth-order valence-corrected chi connectivity index (χ4v) is 2.81. The molecule has 0 aliphatic rings. The van der Waals surface area contributed by atoms with Crippen LogP contribution >= 0.6 is 11.3 Å². The van der Waals surface area contributed by atoms with Gasteiger partial charge in [-0.15, -0.1) is 11.3 Å². The molecule has 100 valence electrons. The van der Waals surface area contributed by atoms with Gasteiger partial charge in [-0.05, 0) is 39.3 Å². The average molecular weight is 274 g/mol. The van der Waals surface area contributed by atoms with Crippen LogP contribution in [0.3, 0.4) is 0 Å². The molecule has 0 fully saturated rings. The third-order valence-corrected chi connectivity index (χ3v) is 3.97. The number of aromatic nitrogens is 1. The first-order valence-corrected chi connectivity index (χ1v) is 7.19. The van der Waals surface area contributed by atoms with Crippen LogP contribution in [-0.4, -0.2) is 16.9 Å². The molecule has 0 aliphatic carbocycles. The number of nitrogens with zero attached hydrogens (tertiary/aromatic N) is 2. The lowest BCUT2D eigenvalue weighted by Crippen LogP contribution is -2.37. The van der Waals surface area contributed by atoms with E-state index in [2.05, 4.69) is 4.98 Å². The molecule has 0 aliphatic heterocycles. The third-order valence-electron chi connectivity index (χ3n) is 3.05. The maximum atomic E-state index is 12.7. The highest BCUT2D eigenvalue weighted by Gasteiger charge is 2.24. The Morgan fingerprint density at radius 1 is 1.26 bits per heavy atom. The van der Waals surface area contributed by atoms with Crippen molar-refractivity contribution in [3.63, 3.8) is 0 Å². The topological polar surface area (TPSA) is 33.2 Å². The highest BCUT2D eigenvalue weighted by Crippen LogP contribution is 2.26. The molecule has 19 heavy (non-hydrogen) atoms. The van der Waals surface area contributed by atoms with E-state index in [0.717, 1.165) is 21.8 Å². The first kappa shape index (κ1) is 13.7. The molecule has 0 radical (unpaired) electrons. The van der Waals surface area contributed by atoms with Gasteiger partial charge >= 0.3 is 0 Å². The maximum Gasteiger partial charge on any atom is 0.270 e. The molecule has 0 N–H and O–H groups in total. The molecular formula is C15H18N2OS. The number of para-hydroxylation sites is 1. The first-order valence-electron chi connectivity index (χ1n) is 6.31. The third kappa shape index (κ3) is 2.68. The van der Waals surface area contributed by atoms with Gasteiger partial charge in [0.1, 0.15) is 4.88 Å². The van der Waals surface area contributed by atoms with Crippen LogP contribution in [0.15, 0.2) is 29.8 Å². The number of carbonyl (C=O) groups is 1. The molecule has 1 aromatic carbocycles. The lowest BCUT2D eigenvalue weighted by Gasteiger charge is -2.28. The molecule has 0 atom stereocenters. The van der Waals surface area contributed by atoms with E-state index in [-0.39, 0.29) is 11.9 Å². The summed E-state index contributed by atoms with van der Waals surface area (Å²) in [5.41, 5.74) is 4.59. The minimum absolute atomic E-state index is 0.0318. The summed E-state index contributed by atoms with van der Waals surface area (Å²) in [4.78, 5) is 19.4. The van der Waals surface area contributed by atoms with Crippen molar-refractivity contribution in [2.75, 3.05) is 4.90 Å². The Kier molecular flexibility index (Phi) is 4.00. The fraction of sp³-hybridized carbons (Fsp3) is 0.333. The van der Waals surface area contributed by atoms with Crippen LogP contribution in [0.4, 0.5) is 5.69 Å². The van der Waals surface area contributed by atoms with Gasteiger partial charge in [0.15, 0.2) is 0 Å². The minimum atomic E-state index is 0.0318. The lowest BCUT2D eigenvalue weighted by atomic mass is 10.1. The average Bonchev–Trinajstić information content (AvgIpc) is 2.77. The van der Waals surface area contributed by atoms with Gasteiger partial charge in [-0.25, -0.2) is 4.98 Å². The second-order valence-corrected chi connectivity index (χ2v) is 5.68. The molecule has 2 aromatic rings. The van der Waals surface area contributed by atoms with Crippen molar-refractivity contribution in [1.82, 2.24) is 4.98 Å². The van der Waals surface area contributed by atoms with Crippen molar-refractivity contribution < 1.29 is 4.79 Å². The number of aryl methyl sites for hydroxylation is 2. The monoisotopic (exact) mass is 274 g/mol. The largest absolute Gasteiger partial charge is 0.305 e. The first-order chi connectivity index (χ1) is 9.02. The van der Waals surface area contributed by atoms with Crippen molar-refractivity contribution in [2.24, 2.45) is 0 Å². The summed E-state index contributed by atoms with van der Waals surface area (Å²) in [7, 11) is 0. The zero-order chi connectivity index (χ0) is 14.0. The van der Waals surface area contributed by atoms with Crippen LogP contribution < -0.4 is 4.90 Å². The molecule has 0 saturated carbocycles. The number of thiazole rings is 1. The molecular weight excluding hydrogens is 256 g/mol. The van der Waals surface area contributed by atoms with E-state index in [4.69, 9.17) is 0 Å². The predicted octanol–water partition coefficient (Wildman–Crippen LogP) is 3.82. The summed E-state index contributed by atoms with van der Waals surface area (Å²) in [6, 6.07) is 8.07. The quantitative estimate of drug-likeness (QED) is 0.852. The minimum Gasteiger partial charge on any atom is -0.305 e. The SMILES string of the molecule is Cc1ccccc1N(C(=O)c1scnc1C)C(C)C. The molecule has 1 heterocycles. The van der Waals surface area contributed by atoms with Crippen molar-refractivity contribution >= 4 is 22.9 Å². The Bertz CT molecular complexity index is 589. The highest BCUT2D eigenvalue weighted by atomic mass is 32.1. The summed E-state index contributed by atoms with van der Waals surface area (Å²) >= 11 is 1.40. The van der Waals surface area contributed by atoms with Crippen molar-refractivity contribution in [3.8, 4) is 0 Å². The Hall–Kier alpha value is -1.68. The van der Waals surface area contributed by atoms with Gasteiger partial charge in [0.05, 0.1) is 11.2 Å². The van der Waals surface area contributed by atoms with Gasteiger partial charge in [0.2, 0.25) is 0 Å². The van der Waals surface area contributed by atoms with Gasteiger partial charge < -0.3 is 4.90 Å². The van der Waals surface area contributed by atoms with Gasteiger partial charge in [-0.1, -0.05) is 18.2 Å². The van der Waals surface area contributed by atoms with E-state index in [1.807, 2.05) is 56.9 Å². The summed E-state index contributed by atoms with van der Waals surface area (Å²) in [5.74, 6) is 0.0318. The molecule has 0 unspecified atom stereocenters. The predicted molar refractivity (Wildman–Crippen MR) is 80.0 cm³/mol. The summed E-state index contributed by atoms with van der Waals surface area (Å²) in [6.07, 6.45) is 0. The number of amides is 1. The zero-order valence-electron chi connectivity index (χ0n) is 11.7. The van der Waals surface area contributed by atoms with E-state index < -0.39 is 0 Å². The summed E-state index contributed by atoms with van der Waals surface area (Å²) in [6.45, 7) is 7.96. The number of hydrogen-bond acceptors (Lipinski definition) is 3. The maximum absolute atomic E-state index is 12.7. The number of rotatable bonds is 3. The van der Waals surface area contributed by atoms with Crippen LogP contribution in [0.25, 0.3) is 0 Å². The number of benzene rings is 1. The second kappa shape index (κ2) is 5.53. The standard InChI is InChI=1S/C15H18N2OS/c1-10(2)17(13-8-6-5-7-11(13)3)15(18)14-12(4)16-9-19-14/h5-10H,1-4H3. The Labute approximate surface area is 117 Å². The number of hydrogen-bond donors (Lipinski definition) is 0. The van der Waals surface area contributed by atoms with E-state index in [9.17, 15) is 4.79 Å². The van der Waals surface area contributed by atoms with Crippen LogP contribution in [0.5, 0.6) is 0 Å². The lowest BCUT2D eigenvalue weighted by molar-refractivity contribution is 0.0983. The molecule has 2 rings (SSSR count). The van der Waals surface area contributed by atoms with Crippen LogP contribution in [0, 0.1) is 13.8 Å². The number of anilines is 1. The van der Waals surface area contributed by atoms with E-state index in [1.165, 1.54) is 11.3 Å². The van der Waals surface area contributed by atoms with Crippen molar-refractivity contribution in [1.29, 1.82) is 0 Å². The van der Waals surface area contributed by atoms with Gasteiger partial charge in [0, 0.05) is 11.7 Å². The Morgan fingerprint density at radius 3 is 2.47 bits per heavy atom. The van der Waals surface area contributed by atoms with Crippen LogP contribution in [-0.2, 0) is 0 Å². The Balaban J connectivity index is 2.45. The molecule has 0 spiro atoms. The second-order valence-electron chi connectivity index (χ2n) is 4.82. The molecule has 4 heteroatoms. The molecule has 1 amide bonds. The molecule has 0 bridgehead atoms. The fourth-order valence-electron chi connectivity index (χ4n) is 2.07. The normalized spacial score (nSPS) is 10.8. The van der Waals surface area contributed by atoms with E-state index in [0.29, 0.717) is 0 Å². The van der Waals surface area contributed by atoms with Crippen LogP contribution in [0.1, 0.15) is 34.8 Å². The molecule has 0 saturated heterocycles. The smallest absolute Gasteiger partial charge is 0.270 e. The summed E-state index contributed by atoms with van der Waals surface area (Å²) in [5, 5.41) is 0.